The van der Waals surface area contributed by atoms with E-state index < -0.39 is 16.1 Å². The maximum atomic E-state index is 13.0. The Labute approximate surface area is 178 Å². The number of benzene rings is 3. The molecule has 0 aromatic heterocycles. The number of sulfonamides is 1. The van der Waals surface area contributed by atoms with E-state index in [1.807, 2.05) is 75.4 Å². The third-order valence-corrected chi connectivity index (χ3v) is 6.54. The molecule has 0 bridgehead atoms. The van der Waals surface area contributed by atoms with Gasteiger partial charge in [-0.3, -0.25) is 9.10 Å². The number of carbonyl (C=O) groups is 1. The van der Waals surface area contributed by atoms with Crippen LogP contribution < -0.4 is 9.62 Å². The minimum absolute atomic E-state index is 0.311. The quantitative estimate of drug-likeness (QED) is 0.614. The highest BCUT2D eigenvalue weighted by Gasteiger charge is 2.31. The van der Waals surface area contributed by atoms with Crippen molar-refractivity contribution < 1.29 is 13.2 Å². The van der Waals surface area contributed by atoms with Crippen LogP contribution in [0.4, 0.5) is 5.69 Å². The van der Waals surface area contributed by atoms with E-state index in [9.17, 15) is 13.2 Å². The lowest BCUT2D eigenvalue weighted by molar-refractivity contribution is -0.122. The van der Waals surface area contributed by atoms with E-state index in [2.05, 4.69) is 5.32 Å². The highest BCUT2D eigenvalue weighted by atomic mass is 32.2. The van der Waals surface area contributed by atoms with Gasteiger partial charge in [0.15, 0.2) is 0 Å². The van der Waals surface area contributed by atoms with E-state index in [1.54, 1.807) is 6.07 Å². The van der Waals surface area contributed by atoms with E-state index >= 15 is 0 Å². The normalized spacial score (nSPS) is 12.5. The topological polar surface area (TPSA) is 66.5 Å². The van der Waals surface area contributed by atoms with Crippen molar-refractivity contribution in [2.24, 2.45) is 0 Å². The maximum Gasteiger partial charge on any atom is 0.244 e. The van der Waals surface area contributed by atoms with E-state index in [4.69, 9.17) is 0 Å². The lowest BCUT2D eigenvalue weighted by atomic mass is 10.1. The first-order valence-electron chi connectivity index (χ1n) is 10.0. The zero-order valence-corrected chi connectivity index (χ0v) is 18.7. The van der Waals surface area contributed by atoms with Crippen LogP contribution in [0.15, 0.2) is 60.7 Å². The zero-order valence-electron chi connectivity index (χ0n) is 17.8. The minimum atomic E-state index is -3.64. The molecule has 3 aromatic carbocycles. The van der Waals surface area contributed by atoms with Crippen molar-refractivity contribution >= 4 is 32.4 Å². The molecular formula is C24H28N2O3S. The standard InChI is InChI=1S/C24H28N2O3S/c1-5-23(26(30(4,28)29)22-13-10-17(2)18(3)14-22)24(27)25-16-19-11-12-20-8-6-7-9-21(20)15-19/h6-15,23H,5,16H2,1-4H3,(H,25,27)/t23-/m1/s1. The Morgan fingerprint density at radius 2 is 1.67 bits per heavy atom. The number of aryl methyl sites for hydroxylation is 2. The molecule has 6 heteroatoms. The summed E-state index contributed by atoms with van der Waals surface area (Å²) in [7, 11) is -3.64. The number of rotatable bonds is 7. The van der Waals surface area contributed by atoms with Gasteiger partial charge in [-0.1, -0.05) is 49.4 Å². The van der Waals surface area contributed by atoms with Gasteiger partial charge in [0.05, 0.1) is 11.9 Å². The molecule has 158 valence electrons. The molecule has 30 heavy (non-hydrogen) atoms. The Hall–Kier alpha value is -2.86. The fourth-order valence-electron chi connectivity index (χ4n) is 3.58. The van der Waals surface area contributed by atoms with Crippen LogP contribution in [0.2, 0.25) is 0 Å². The SMILES string of the molecule is CC[C@H](C(=O)NCc1ccc2ccccc2c1)N(c1ccc(C)c(C)c1)S(C)(=O)=O. The molecule has 0 saturated carbocycles. The molecule has 0 saturated heterocycles. The second-order valence-corrected chi connectivity index (χ2v) is 9.51. The van der Waals surface area contributed by atoms with Crippen LogP contribution in [0.3, 0.4) is 0 Å². The highest BCUT2D eigenvalue weighted by molar-refractivity contribution is 7.92. The van der Waals surface area contributed by atoms with Gasteiger partial charge in [-0.15, -0.1) is 0 Å². The van der Waals surface area contributed by atoms with Crippen molar-refractivity contribution in [3.05, 3.63) is 77.4 Å². The van der Waals surface area contributed by atoms with Crippen molar-refractivity contribution in [3.8, 4) is 0 Å². The molecule has 0 spiro atoms. The average Bonchev–Trinajstić information content (AvgIpc) is 2.71. The van der Waals surface area contributed by atoms with Crippen molar-refractivity contribution in [2.45, 2.75) is 39.8 Å². The van der Waals surface area contributed by atoms with Gasteiger partial charge in [0.2, 0.25) is 15.9 Å². The van der Waals surface area contributed by atoms with E-state index in [1.165, 1.54) is 4.31 Å². The summed E-state index contributed by atoms with van der Waals surface area (Å²) in [6.45, 7) is 6.06. The number of nitrogens with zero attached hydrogens (tertiary/aromatic N) is 1. The molecule has 0 fully saturated rings. The third kappa shape index (κ3) is 4.82. The van der Waals surface area contributed by atoms with E-state index in [0.29, 0.717) is 18.7 Å². The predicted molar refractivity (Wildman–Crippen MR) is 123 cm³/mol. The van der Waals surface area contributed by atoms with Gasteiger partial charge in [0.25, 0.3) is 0 Å². The van der Waals surface area contributed by atoms with Gasteiger partial charge in [0.1, 0.15) is 6.04 Å². The molecule has 1 amide bonds. The van der Waals surface area contributed by atoms with E-state index in [-0.39, 0.29) is 5.91 Å². The molecule has 0 radical (unpaired) electrons. The molecule has 3 rings (SSSR count). The predicted octanol–water partition coefficient (Wildman–Crippen LogP) is 4.32. The maximum absolute atomic E-state index is 13.0. The Morgan fingerprint density at radius 3 is 2.30 bits per heavy atom. The van der Waals surface area contributed by atoms with Crippen LogP contribution in [0.1, 0.15) is 30.0 Å². The van der Waals surface area contributed by atoms with Crippen LogP contribution >= 0.6 is 0 Å². The van der Waals surface area contributed by atoms with Crippen LogP contribution in [0, 0.1) is 13.8 Å². The zero-order chi connectivity index (χ0) is 21.9. The molecular weight excluding hydrogens is 396 g/mol. The number of hydrogen-bond donors (Lipinski definition) is 1. The molecule has 0 aliphatic heterocycles. The molecule has 3 aromatic rings. The fourth-order valence-corrected chi connectivity index (χ4v) is 4.78. The van der Waals surface area contributed by atoms with Crippen molar-refractivity contribution in [3.63, 3.8) is 0 Å². The number of anilines is 1. The molecule has 0 aliphatic rings. The second-order valence-electron chi connectivity index (χ2n) is 7.65. The lowest BCUT2D eigenvalue weighted by Crippen LogP contribution is -2.49. The smallest absolute Gasteiger partial charge is 0.244 e. The number of nitrogens with one attached hydrogen (secondary N) is 1. The summed E-state index contributed by atoms with van der Waals surface area (Å²) < 4.78 is 26.4. The minimum Gasteiger partial charge on any atom is -0.350 e. The largest absolute Gasteiger partial charge is 0.350 e. The van der Waals surface area contributed by atoms with Crippen LogP contribution in [-0.4, -0.2) is 26.6 Å². The highest BCUT2D eigenvalue weighted by Crippen LogP contribution is 2.25. The van der Waals surface area contributed by atoms with Crippen molar-refractivity contribution in [1.82, 2.24) is 5.32 Å². The molecule has 1 atom stereocenters. The summed E-state index contributed by atoms with van der Waals surface area (Å²) in [5.74, 6) is -0.311. The average molecular weight is 425 g/mol. The van der Waals surface area contributed by atoms with Gasteiger partial charge in [-0.05, 0) is 65.9 Å². The van der Waals surface area contributed by atoms with Gasteiger partial charge in [-0.25, -0.2) is 8.42 Å². The lowest BCUT2D eigenvalue weighted by Gasteiger charge is -2.30. The summed E-state index contributed by atoms with van der Waals surface area (Å²) in [5, 5.41) is 5.16. The van der Waals surface area contributed by atoms with Crippen LogP contribution in [0.25, 0.3) is 10.8 Å². The first-order chi connectivity index (χ1) is 14.2. The Morgan fingerprint density at radius 1 is 0.967 bits per heavy atom. The van der Waals surface area contributed by atoms with Gasteiger partial charge in [0, 0.05) is 6.54 Å². The first kappa shape index (κ1) is 21.8. The van der Waals surface area contributed by atoms with Gasteiger partial charge < -0.3 is 5.32 Å². The van der Waals surface area contributed by atoms with Crippen LogP contribution in [0.5, 0.6) is 0 Å². The van der Waals surface area contributed by atoms with Crippen LogP contribution in [-0.2, 0) is 21.4 Å². The molecule has 0 unspecified atom stereocenters. The Bertz CT molecular complexity index is 1170. The van der Waals surface area contributed by atoms with Crippen molar-refractivity contribution in [2.75, 3.05) is 10.6 Å². The number of fused-ring (bicyclic) bond motifs is 1. The van der Waals surface area contributed by atoms with Gasteiger partial charge in [-0.2, -0.15) is 0 Å². The monoisotopic (exact) mass is 424 g/mol. The number of hydrogen-bond acceptors (Lipinski definition) is 3. The summed E-state index contributed by atoms with van der Waals surface area (Å²) in [4.78, 5) is 13.0. The first-order valence-corrected chi connectivity index (χ1v) is 11.9. The molecule has 0 aliphatic carbocycles. The Kier molecular flexibility index (Phi) is 6.46. The summed E-state index contributed by atoms with van der Waals surface area (Å²) in [6, 6.07) is 18.7. The Balaban J connectivity index is 1.83. The number of amides is 1. The summed E-state index contributed by atoms with van der Waals surface area (Å²) in [6.07, 6.45) is 1.50. The molecule has 5 nitrogen and oxygen atoms in total. The molecule has 0 heterocycles. The van der Waals surface area contributed by atoms with Crippen molar-refractivity contribution in [1.29, 1.82) is 0 Å². The number of carbonyl (C=O) groups excluding carboxylic acids is 1. The fraction of sp³-hybridized carbons (Fsp3) is 0.292. The summed E-state index contributed by atoms with van der Waals surface area (Å²) in [5.41, 5.74) is 3.52. The molecule has 1 N–H and O–H groups in total. The second kappa shape index (κ2) is 8.88. The van der Waals surface area contributed by atoms with E-state index in [0.717, 1.165) is 33.7 Å². The van der Waals surface area contributed by atoms with Gasteiger partial charge >= 0.3 is 0 Å². The summed E-state index contributed by atoms with van der Waals surface area (Å²) >= 11 is 0. The third-order valence-electron chi connectivity index (χ3n) is 5.36.